The molecule has 6 amide bonds. The van der Waals surface area contributed by atoms with Crippen LogP contribution in [0.5, 0.6) is 0 Å². The number of carboxylic acid groups (broad SMARTS) is 3. The van der Waals surface area contributed by atoms with Crippen LogP contribution >= 0.6 is 0 Å². The Morgan fingerprint density at radius 2 is 0.887 bits per heavy atom. The van der Waals surface area contributed by atoms with Gasteiger partial charge in [0.1, 0.15) is 25.4 Å². The van der Waals surface area contributed by atoms with Gasteiger partial charge in [-0.1, -0.05) is 97.0 Å². The van der Waals surface area contributed by atoms with Crippen LogP contribution in [0.25, 0.3) is 0 Å². The summed E-state index contributed by atoms with van der Waals surface area (Å²) < 4.78 is 25.3. The average Bonchev–Trinajstić information content (AvgIpc) is 4.07. The van der Waals surface area contributed by atoms with E-state index < -0.39 is 133 Å². The topological polar surface area (TPSA) is 311 Å². The number of halogens is 2. The molecule has 6 unspecified atom stereocenters. The van der Waals surface area contributed by atoms with Crippen LogP contribution < -0.4 is 20.9 Å². The summed E-state index contributed by atoms with van der Waals surface area (Å²) in [5.74, 6) is -12.2. The Labute approximate surface area is 464 Å². The van der Waals surface area contributed by atoms with Crippen LogP contribution in [0.15, 0.2) is 60.7 Å². The fourth-order valence-electron chi connectivity index (χ4n) is 10.5. The van der Waals surface area contributed by atoms with Crippen molar-refractivity contribution in [1.82, 2.24) is 25.8 Å². The van der Waals surface area contributed by atoms with Crippen LogP contribution in [0.1, 0.15) is 99.0 Å². The zero-order chi connectivity index (χ0) is 60.1. The molecule has 3 aliphatic rings. The molecule has 3 heterocycles. The van der Waals surface area contributed by atoms with Gasteiger partial charge in [-0.2, -0.15) is 0 Å². The summed E-state index contributed by atoms with van der Waals surface area (Å²) in [6, 6.07) is 14.9. The fourth-order valence-corrected chi connectivity index (χ4v) is 10.5. The van der Waals surface area contributed by atoms with Crippen molar-refractivity contribution in [2.24, 2.45) is 53.3 Å². The first-order valence-corrected chi connectivity index (χ1v) is 26.9. The van der Waals surface area contributed by atoms with Gasteiger partial charge in [-0.05, 0) is 54.7 Å². The smallest absolute Gasteiger partial charge is 0.305 e. The summed E-state index contributed by atoms with van der Waals surface area (Å²) in [4.78, 5) is 149. The Kier molecular flexibility index (Phi) is 26.7. The van der Waals surface area contributed by atoms with Crippen molar-refractivity contribution in [2.45, 2.75) is 118 Å². The summed E-state index contributed by atoms with van der Waals surface area (Å²) in [7, 11) is 1.65. The molecule has 3 aliphatic heterocycles. The Morgan fingerprint density at radius 1 is 0.525 bits per heavy atom. The van der Waals surface area contributed by atoms with E-state index in [2.05, 4.69) is 16.0 Å². The Bertz CT molecular complexity index is 2510. The predicted molar refractivity (Wildman–Crippen MR) is 287 cm³/mol. The maximum Gasteiger partial charge on any atom is 0.305 e. The summed E-state index contributed by atoms with van der Waals surface area (Å²) in [5.41, 5.74) is 1.78. The summed E-state index contributed by atoms with van der Waals surface area (Å²) in [6.07, 6.45) is -0.160. The van der Waals surface area contributed by atoms with Gasteiger partial charge >= 0.3 is 17.9 Å². The van der Waals surface area contributed by atoms with E-state index >= 15 is 0 Å². The average molecular weight is 1130 g/mol. The Balaban J connectivity index is 0.000000318. The number of alkyl halides is 2. The zero-order valence-electron chi connectivity index (χ0n) is 46.7. The number of amides is 6. The first kappa shape index (κ1) is 66.8. The van der Waals surface area contributed by atoms with Crippen LogP contribution in [-0.2, 0) is 64.1 Å². The number of likely N-dealkylation sites (tertiary alicyclic amines) is 2. The molecule has 0 saturated carbocycles. The third-order valence-electron chi connectivity index (χ3n) is 14.6. The Hall–Kier alpha value is -7.46. The number of hydrogen-bond acceptors (Lipinski definition) is 12. The number of benzene rings is 2. The highest BCUT2D eigenvalue weighted by atomic mass is 19.1. The van der Waals surface area contributed by atoms with E-state index in [1.54, 1.807) is 51.5 Å². The largest absolute Gasteiger partial charge is 0.481 e. The van der Waals surface area contributed by atoms with Crippen molar-refractivity contribution in [3.05, 3.63) is 66.2 Å². The van der Waals surface area contributed by atoms with E-state index in [1.807, 2.05) is 74.5 Å². The molecule has 80 heavy (non-hydrogen) atoms. The van der Waals surface area contributed by atoms with Gasteiger partial charge < -0.3 is 46.0 Å². The van der Waals surface area contributed by atoms with Gasteiger partial charge in [0.2, 0.25) is 35.4 Å². The quantitative estimate of drug-likeness (QED) is 0.0727. The molecular weight excluding hydrogens is 1050 g/mol. The molecule has 0 spiro atoms. The number of carboxylic acids is 3. The van der Waals surface area contributed by atoms with Crippen LogP contribution in [0.4, 0.5) is 14.5 Å². The second kappa shape index (κ2) is 32.0. The molecule has 6 N–H and O–H groups in total. The number of rotatable bonds is 27. The number of aliphatic carboxylic acids is 3. The molecule has 23 heteroatoms. The number of nitrogens with zero attached hydrogens (tertiary/aromatic N) is 3. The lowest BCUT2D eigenvalue weighted by Gasteiger charge is -2.27. The van der Waals surface area contributed by atoms with Gasteiger partial charge in [0.15, 0.2) is 17.3 Å². The maximum atomic E-state index is 13.0. The maximum absolute atomic E-state index is 13.0. The molecular formula is C57H78F2N6O15. The predicted octanol–water partition coefficient (Wildman–Crippen LogP) is 4.29. The minimum absolute atomic E-state index is 0.114. The van der Waals surface area contributed by atoms with Crippen molar-refractivity contribution in [2.75, 3.05) is 44.9 Å². The third kappa shape index (κ3) is 19.1. The molecule has 0 aromatic heterocycles. The van der Waals surface area contributed by atoms with Crippen molar-refractivity contribution < 1.29 is 81.6 Å². The number of Topliss-reactive ketones (excluding diaryl/α,β-unsaturated/α-hetero) is 3. The Morgan fingerprint density at radius 3 is 1.25 bits per heavy atom. The van der Waals surface area contributed by atoms with E-state index in [4.69, 9.17) is 15.3 Å². The van der Waals surface area contributed by atoms with E-state index in [0.29, 0.717) is 45.4 Å². The van der Waals surface area contributed by atoms with Crippen LogP contribution in [0.3, 0.4) is 0 Å². The number of carbonyl (C=O) groups is 12. The standard InChI is InChI=1S/C21H27FN2O5.C21H28N2O5.C15H23FN2O5/c1-13(2)19(20(28)23-16(10-18(26)27)17(25)11-22)15-8-9-24(21(15)29)12-14-6-4-3-5-7-14;1-4-17(24)16(12-18(25)26)22-20(27)19(13(2)3)15-10-11-23(21(15)28)14-8-6-5-7-9-14;1-8(2)13(9-4-5-18(3)15(9)23)14(22)17-10(6-12(20)21)11(19)7-16/h3-7,13,15-16,19H,8-12H2,1-2H3,(H,23,28)(H,26,27);5-9,13,15-16,19H,4,10-12H2,1-3H3,(H,22,27)(H,25,26);8-10,13H,4-7H2,1-3H3,(H,17,22)(H,20,21)/t2*15?,16?,19-;9?,10?,13-/m111/s1. The number of anilines is 1. The molecule has 0 bridgehead atoms. The molecule has 3 fully saturated rings. The number of hydrogen-bond donors (Lipinski definition) is 6. The van der Waals surface area contributed by atoms with Gasteiger partial charge in [-0.15, -0.1) is 0 Å². The van der Waals surface area contributed by atoms with E-state index in [0.717, 1.165) is 11.3 Å². The highest BCUT2D eigenvalue weighted by Crippen LogP contribution is 2.35. The van der Waals surface area contributed by atoms with Crippen LogP contribution in [0, 0.1) is 53.3 Å². The van der Waals surface area contributed by atoms with E-state index in [-0.39, 0.29) is 47.7 Å². The van der Waals surface area contributed by atoms with Crippen molar-refractivity contribution in [3.63, 3.8) is 0 Å². The van der Waals surface area contributed by atoms with Gasteiger partial charge in [0.05, 0.1) is 60.8 Å². The van der Waals surface area contributed by atoms with E-state index in [1.165, 1.54) is 4.90 Å². The lowest BCUT2D eigenvalue weighted by molar-refractivity contribution is -0.143. The molecule has 0 radical (unpaired) electrons. The van der Waals surface area contributed by atoms with E-state index in [9.17, 15) is 66.3 Å². The molecule has 440 valence electrons. The molecule has 2 aromatic carbocycles. The molecule has 5 rings (SSSR count). The molecule has 3 saturated heterocycles. The van der Waals surface area contributed by atoms with Crippen LogP contribution in [-0.4, -0.2) is 154 Å². The number of carbonyl (C=O) groups excluding carboxylic acids is 9. The van der Waals surface area contributed by atoms with Crippen molar-refractivity contribution in [3.8, 4) is 0 Å². The van der Waals surface area contributed by atoms with Gasteiger partial charge in [0, 0.05) is 45.3 Å². The summed E-state index contributed by atoms with van der Waals surface area (Å²) in [6.45, 7) is 11.8. The summed E-state index contributed by atoms with van der Waals surface area (Å²) >= 11 is 0. The third-order valence-corrected chi connectivity index (χ3v) is 14.6. The second-order valence-electron chi connectivity index (χ2n) is 21.3. The minimum Gasteiger partial charge on any atom is -0.481 e. The second-order valence-corrected chi connectivity index (χ2v) is 21.3. The number of nitrogens with one attached hydrogen (secondary N) is 3. The van der Waals surface area contributed by atoms with Crippen LogP contribution in [0.2, 0.25) is 0 Å². The molecule has 2 aromatic rings. The lowest BCUT2D eigenvalue weighted by atomic mass is 9.81. The van der Waals surface area contributed by atoms with Gasteiger partial charge in [-0.3, -0.25) is 57.5 Å². The molecule has 0 aliphatic carbocycles. The summed E-state index contributed by atoms with van der Waals surface area (Å²) in [5, 5.41) is 34.0. The SMILES string of the molecule is CC(C)[C@@H](C(=O)NC(CC(=O)O)C(=O)CF)C1CCN(C)C1=O.CC(C)[C@@H](C(=O)NC(CC(=O)O)C(=O)CF)C1CCN(Cc2ccccc2)C1=O.CCC(=O)C(CC(=O)O)NC(=O)[C@H](C(C)C)C1CCN(c2ccccc2)C1=O. The monoisotopic (exact) mass is 1120 g/mol. The number of ketones is 3. The van der Waals surface area contributed by atoms with Gasteiger partial charge in [0.25, 0.3) is 0 Å². The fraction of sp³-hybridized carbons (Fsp3) is 0.579. The molecule has 21 nitrogen and oxygen atoms in total. The van der Waals surface area contributed by atoms with Crippen molar-refractivity contribution >= 4 is 76.4 Å². The highest BCUT2D eigenvalue weighted by Gasteiger charge is 2.46. The first-order chi connectivity index (χ1) is 37.7. The van der Waals surface area contributed by atoms with Gasteiger partial charge in [-0.25, -0.2) is 8.78 Å². The zero-order valence-corrected chi connectivity index (χ0v) is 46.7. The normalized spacial score (nSPS) is 19.2. The number of para-hydroxylation sites is 1. The van der Waals surface area contributed by atoms with Crippen molar-refractivity contribution in [1.29, 1.82) is 0 Å². The molecule has 9 atom stereocenters. The minimum atomic E-state index is -1.44. The first-order valence-electron chi connectivity index (χ1n) is 26.9. The highest BCUT2D eigenvalue weighted by molar-refractivity contribution is 6.01. The lowest BCUT2D eigenvalue weighted by Crippen LogP contribution is -2.49.